The highest BCUT2D eigenvalue weighted by Gasteiger charge is 2.44. The third kappa shape index (κ3) is 4.41. The summed E-state index contributed by atoms with van der Waals surface area (Å²) in [4.78, 5) is 22.3. The molecule has 3 rings (SSSR count). The average Bonchev–Trinajstić information content (AvgIpc) is 3.20. The number of rotatable bonds is 10. The third-order valence-electron chi connectivity index (χ3n) is 4.79. The molecule has 2 aromatic heterocycles. The Morgan fingerprint density at radius 3 is 2.89 bits per heavy atom. The number of aliphatic hydroxyl groups is 2. The molecule has 2 aromatic rings. The van der Waals surface area contributed by atoms with E-state index >= 15 is 0 Å². The lowest BCUT2D eigenvalue weighted by Crippen LogP contribution is -2.34. The van der Waals surface area contributed by atoms with Crippen molar-refractivity contribution in [2.45, 2.75) is 56.6 Å². The van der Waals surface area contributed by atoms with Crippen molar-refractivity contribution in [3.63, 3.8) is 0 Å². The van der Waals surface area contributed by atoms with Crippen LogP contribution < -0.4 is 11.3 Å². The molecule has 154 valence electrons. The lowest BCUT2D eigenvalue weighted by Gasteiger charge is -2.16. The number of aromatic nitrogens is 4. The highest BCUT2D eigenvalue weighted by atomic mass is 16.6. The second-order valence-electron chi connectivity index (χ2n) is 6.89. The van der Waals surface area contributed by atoms with Crippen molar-refractivity contribution < 1.29 is 19.7 Å². The van der Waals surface area contributed by atoms with Gasteiger partial charge in [-0.3, -0.25) is 14.3 Å². The number of anilines is 1. The summed E-state index contributed by atoms with van der Waals surface area (Å²) >= 11 is 0. The van der Waals surface area contributed by atoms with Crippen molar-refractivity contribution >= 4 is 17.1 Å². The van der Waals surface area contributed by atoms with Crippen molar-refractivity contribution in [2.75, 3.05) is 18.9 Å². The Morgan fingerprint density at radius 2 is 2.11 bits per heavy atom. The van der Waals surface area contributed by atoms with Crippen LogP contribution in [0.25, 0.3) is 11.2 Å². The summed E-state index contributed by atoms with van der Waals surface area (Å²) in [5.41, 5.74) is 5.36. The monoisotopic (exact) mass is 393 g/mol. The molecular formula is C18H27N5O5. The van der Waals surface area contributed by atoms with Gasteiger partial charge in [0.2, 0.25) is 5.95 Å². The van der Waals surface area contributed by atoms with E-state index in [1.165, 1.54) is 10.9 Å². The van der Waals surface area contributed by atoms with Crippen LogP contribution in [-0.4, -0.2) is 61.3 Å². The average molecular weight is 393 g/mol. The molecule has 0 amide bonds. The fraction of sp³-hybridized carbons (Fsp3) is 0.611. The molecule has 4 atom stereocenters. The van der Waals surface area contributed by atoms with Crippen LogP contribution in [0.3, 0.4) is 0 Å². The molecule has 1 aliphatic rings. The van der Waals surface area contributed by atoms with Gasteiger partial charge in [-0.2, -0.15) is 4.98 Å². The first kappa shape index (κ1) is 20.5. The Balaban J connectivity index is 1.56. The number of nitrogens with one attached hydrogen (secondary N) is 1. The van der Waals surface area contributed by atoms with E-state index in [-0.39, 0.29) is 23.7 Å². The quantitative estimate of drug-likeness (QED) is 0.336. The SMILES string of the molecule is C=CCCCCCCOC[C@H]1O[C@@H](n2cnc3c(=O)[nH]c(N)nc32)[C@H](O)[C@@H]1O. The minimum absolute atomic E-state index is 0.0692. The maximum Gasteiger partial charge on any atom is 0.280 e. The molecule has 5 N–H and O–H groups in total. The van der Waals surface area contributed by atoms with Crippen molar-refractivity contribution in [1.82, 2.24) is 19.5 Å². The van der Waals surface area contributed by atoms with Crippen LogP contribution in [0.5, 0.6) is 0 Å². The van der Waals surface area contributed by atoms with E-state index in [9.17, 15) is 15.0 Å². The number of nitrogens with two attached hydrogens (primary N) is 1. The molecule has 28 heavy (non-hydrogen) atoms. The first-order valence-electron chi connectivity index (χ1n) is 9.45. The molecule has 0 saturated carbocycles. The zero-order valence-corrected chi connectivity index (χ0v) is 15.7. The molecule has 0 spiro atoms. The number of aromatic amines is 1. The van der Waals surface area contributed by atoms with Crippen molar-refractivity contribution in [1.29, 1.82) is 0 Å². The number of hydrogen-bond donors (Lipinski definition) is 4. The predicted molar refractivity (Wildman–Crippen MR) is 103 cm³/mol. The number of ether oxygens (including phenoxy) is 2. The molecule has 1 saturated heterocycles. The summed E-state index contributed by atoms with van der Waals surface area (Å²) in [5.74, 6) is -0.0692. The fourth-order valence-electron chi connectivity index (χ4n) is 3.27. The zero-order valence-electron chi connectivity index (χ0n) is 15.7. The largest absolute Gasteiger partial charge is 0.387 e. The van der Waals surface area contributed by atoms with E-state index in [2.05, 4.69) is 21.5 Å². The molecule has 0 aliphatic carbocycles. The van der Waals surface area contributed by atoms with Gasteiger partial charge in [-0.1, -0.05) is 18.9 Å². The Kier molecular flexibility index (Phi) is 6.79. The van der Waals surface area contributed by atoms with Crippen molar-refractivity contribution in [3.05, 3.63) is 29.3 Å². The Bertz CT molecular complexity index is 850. The van der Waals surface area contributed by atoms with Gasteiger partial charge in [0, 0.05) is 6.61 Å². The van der Waals surface area contributed by atoms with Gasteiger partial charge in [-0.05, 0) is 19.3 Å². The molecular weight excluding hydrogens is 366 g/mol. The summed E-state index contributed by atoms with van der Waals surface area (Å²) < 4.78 is 12.8. The zero-order chi connectivity index (χ0) is 20.1. The molecule has 0 unspecified atom stereocenters. The van der Waals surface area contributed by atoms with Crippen LogP contribution in [-0.2, 0) is 9.47 Å². The fourth-order valence-corrected chi connectivity index (χ4v) is 3.27. The van der Waals surface area contributed by atoms with Crippen molar-refractivity contribution in [2.24, 2.45) is 0 Å². The smallest absolute Gasteiger partial charge is 0.280 e. The van der Waals surface area contributed by atoms with Crippen LogP contribution in [0.2, 0.25) is 0 Å². The number of fused-ring (bicyclic) bond motifs is 1. The third-order valence-corrected chi connectivity index (χ3v) is 4.79. The summed E-state index contributed by atoms with van der Waals surface area (Å²) in [6, 6.07) is 0. The molecule has 0 radical (unpaired) electrons. The van der Waals surface area contributed by atoms with Gasteiger partial charge in [0.05, 0.1) is 12.9 Å². The Morgan fingerprint density at radius 1 is 1.32 bits per heavy atom. The van der Waals surface area contributed by atoms with E-state index in [1.54, 1.807) is 0 Å². The first-order valence-corrected chi connectivity index (χ1v) is 9.45. The lowest BCUT2D eigenvalue weighted by molar-refractivity contribution is -0.0657. The number of imidazole rings is 1. The molecule has 0 aromatic carbocycles. The molecule has 10 heteroatoms. The van der Waals surface area contributed by atoms with Crippen LogP contribution in [0, 0.1) is 0 Å². The van der Waals surface area contributed by atoms with E-state index in [0.717, 1.165) is 32.1 Å². The Labute approximate surface area is 162 Å². The van der Waals surface area contributed by atoms with Crippen LogP contribution in [0.1, 0.15) is 38.3 Å². The summed E-state index contributed by atoms with van der Waals surface area (Å²) in [6.07, 6.45) is 4.53. The van der Waals surface area contributed by atoms with Gasteiger partial charge in [0.15, 0.2) is 17.4 Å². The Hall–Kier alpha value is -2.27. The standard InChI is InChI=1S/C18H27N5O5/c1-2-3-4-5-6-7-8-27-9-11-13(24)14(25)17(28-11)23-10-20-12-15(23)21-18(19)22-16(12)26/h2,10-11,13-14,17,24-25H,1,3-9H2,(H3,19,21,22,26)/t11-,13-,14-,17-/m1/s1. The molecule has 10 nitrogen and oxygen atoms in total. The van der Waals surface area contributed by atoms with Gasteiger partial charge < -0.3 is 25.4 Å². The predicted octanol–water partition coefficient (Wildman–Crippen LogP) is 0.474. The number of hydrogen-bond acceptors (Lipinski definition) is 8. The number of aliphatic hydroxyl groups excluding tert-OH is 2. The van der Waals surface area contributed by atoms with E-state index in [1.807, 2.05) is 6.08 Å². The van der Waals surface area contributed by atoms with Gasteiger partial charge in [-0.15, -0.1) is 6.58 Å². The second kappa shape index (κ2) is 9.28. The summed E-state index contributed by atoms with van der Waals surface area (Å²) in [6.45, 7) is 4.41. The minimum Gasteiger partial charge on any atom is -0.387 e. The van der Waals surface area contributed by atoms with Crippen molar-refractivity contribution in [3.8, 4) is 0 Å². The molecule has 0 bridgehead atoms. The highest BCUT2D eigenvalue weighted by molar-refractivity contribution is 5.70. The van der Waals surface area contributed by atoms with Gasteiger partial charge >= 0.3 is 0 Å². The van der Waals surface area contributed by atoms with Gasteiger partial charge in [0.25, 0.3) is 5.56 Å². The number of H-pyrrole nitrogens is 1. The molecule has 1 fully saturated rings. The topological polar surface area (TPSA) is 149 Å². The summed E-state index contributed by atoms with van der Waals surface area (Å²) in [7, 11) is 0. The number of nitrogen functional groups attached to an aromatic ring is 1. The van der Waals surface area contributed by atoms with E-state index in [4.69, 9.17) is 15.2 Å². The first-order chi connectivity index (χ1) is 13.5. The maximum atomic E-state index is 11.9. The second-order valence-corrected chi connectivity index (χ2v) is 6.89. The minimum atomic E-state index is -1.22. The normalized spacial score (nSPS) is 24.8. The van der Waals surface area contributed by atoms with Crippen LogP contribution in [0.15, 0.2) is 23.8 Å². The number of nitrogens with zero attached hydrogens (tertiary/aromatic N) is 3. The van der Waals surface area contributed by atoms with Gasteiger partial charge in [-0.25, -0.2) is 4.98 Å². The van der Waals surface area contributed by atoms with E-state index < -0.39 is 30.1 Å². The van der Waals surface area contributed by atoms with Crippen LogP contribution >= 0.6 is 0 Å². The van der Waals surface area contributed by atoms with Gasteiger partial charge in [0.1, 0.15) is 18.3 Å². The number of unbranched alkanes of at least 4 members (excludes halogenated alkanes) is 4. The maximum absolute atomic E-state index is 11.9. The molecule has 1 aliphatic heterocycles. The molecule has 3 heterocycles. The summed E-state index contributed by atoms with van der Waals surface area (Å²) in [5, 5.41) is 20.7. The van der Waals surface area contributed by atoms with E-state index in [0.29, 0.717) is 6.61 Å². The highest BCUT2D eigenvalue weighted by Crippen LogP contribution is 2.31. The van der Waals surface area contributed by atoms with Crippen LogP contribution in [0.4, 0.5) is 5.95 Å². The lowest BCUT2D eigenvalue weighted by atomic mass is 10.1. The number of allylic oxidation sites excluding steroid dienone is 1.